The van der Waals surface area contributed by atoms with E-state index in [0.29, 0.717) is 18.1 Å². The number of aryl methyl sites for hydroxylation is 1. The average Bonchev–Trinajstić information content (AvgIpc) is 3.22. The molecule has 1 aromatic carbocycles. The van der Waals surface area contributed by atoms with Gasteiger partial charge >= 0.3 is 0 Å². The molecule has 0 saturated carbocycles. The van der Waals surface area contributed by atoms with E-state index in [2.05, 4.69) is 25.4 Å². The number of benzene rings is 1. The monoisotopic (exact) mass is 376 g/mol. The van der Waals surface area contributed by atoms with Crippen molar-refractivity contribution in [3.63, 3.8) is 0 Å². The third-order valence-corrected chi connectivity index (χ3v) is 4.78. The molecule has 0 spiro atoms. The second-order valence-electron chi connectivity index (χ2n) is 6.64. The molecule has 27 heavy (non-hydrogen) atoms. The minimum atomic E-state index is -2.85. The second-order valence-corrected chi connectivity index (χ2v) is 6.64. The molecular formula is C18H19F3N6. The van der Waals surface area contributed by atoms with E-state index in [1.54, 1.807) is 0 Å². The number of halogens is 3. The Kier molecular flexibility index (Phi) is 4.47. The zero-order chi connectivity index (χ0) is 19.1. The molecule has 1 aliphatic heterocycles. The fraction of sp³-hybridized carbons (Fsp3) is 0.389. The Hall–Kier alpha value is -2.68. The molecule has 0 bridgehead atoms. The molecule has 0 radical (unpaired) electrons. The number of hydrogen-bond acceptors (Lipinski definition) is 5. The number of rotatable bonds is 5. The number of aromatic nitrogens is 4. The van der Waals surface area contributed by atoms with Crippen LogP contribution in [-0.2, 0) is 26.1 Å². The molecule has 0 saturated heterocycles. The summed E-state index contributed by atoms with van der Waals surface area (Å²) in [6.07, 6.45) is -2.11. The molecule has 0 atom stereocenters. The summed E-state index contributed by atoms with van der Waals surface area (Å²) in [5.41, 5.74) is 1.62. The van der Waals surface area contributed by atoms with Crippen LogP contribution in [-0.4, -0.2) is 31.5 Å². The minimum absolute atomic E-state index is 0.0560. The molecule has 6 nitrogen and oxygen atoms in total. The van der Waals surface area contributed by atoms with Gasteiger partial charge in [-0.2, -0.15) is 4.98 Å². The van der Waals surface area contributed by atoms with Crippen LogP contribution in [0.3, 0.4) is 0 Å². The number of anilines is 1. The first kappa shape index (κ1) is 17.7. The standard InChI is InChI=1S/C18H19F3N6/c1-3-14-24-25-18-23-17(12-8-26(2)9-13(12)27(14)18)22-7-10-5-4-6-11(15(10)19)16(20)21/h4-6,16H,3,7-9H2,1-2H3,(H,22,23,25). The summed E-state index contributed by atoms with van der Waals surface area (Å²) < 4.78 is 42.1. The average molecular weight is 376 g/mol. The molecule has 142 valence electrons. The summed E-state index contributed by atoms with van der Waals surface area (Å²) in [6.45, 7) is 3.47. The summed E-state index contributed by atoms with van der Waals surface area (Å²) in [5.74, 6) is 1.01. The van der Waals surface area contributed by atoms with Crippen LogP contribution in [0.2, 0.25) is 0 Å². The van der Waals surface area contributed by atoms with Crippen molar-refractivity contribution < 1.29 is 13.2 Å². The predicted molar refractivity (Wildman–Crippen MR) is 94.0 cm³/mol. The molecule has 3 heterocycles. The summed E-state index contributed by atoms with van der Waals surface area (Å²) in [4.78, 5) is 6.67. The van der Waals surface area contributed by atoms with E-state index in [1.165, 1.54) is 12.1 Å². The second kappa shape index (κ2) is 6.80. The van der Waals surface area contributed by atoms with Crippen molar-refractivity contribution in [2.75, 3.05) is 12.4 Å². The van der Waals surface area contributed by atoms with Gasteiger partial charge in [0.05, 0.1) is 5.56 Å². The molecule has 9 heteroatoms. The van der Waals surface area contributed by atoms with Gasteiger partial charge in [-0.1, -0.05) is 25.1 Å². The smallest absolute Gasteiger partial charge is 0.266 e. The van der Waals surface area contributed by atoms with Gasteiger partial charge in [-0.3, -0.25) is 9.30 Å². The van der Waals surface area contributed by atoms with E-state index < -0.39 is 17.8 Å². The normalized spacial score (nSPS) is 14.3. The summed E-state index contributed by atoms with van der Waals surface area (Å²) in [5, 5.41) is 11.4. The number of hydrogen-bond donors (Lipinski definition) is 1. The number of fused-ring (bicyclic) bond motifs is 3. The van der Waals surface area contributed by atoms with Crippen LogP contribution in [0.4, 0.5) is 19.0 Å². The molecule has 4 rings (SSSR count). The first-order chi connectivity index (χ1) is 13.0. The van der Waals surface area contributed by atoms with E-state index in [-0.39, 0.29) is 12.1 Å². The third-order valence-electron chi connectivity index (χ3n) is 4.78. The largest absolute Gasteiger partial charge is 0.365 e. The van der Waals surface area contributed by atoms with E-state index >= 15 is 0 Å². The van der Waals surface area contributed by atoms with Crippen LogP contribution in [0.15, 0.2) is 18.2 Å². The minimum Gasteiger partial charge on any atom is -0.365 e. The van der Waals surface area contributed by atoms with Crippen LogP contribution in [0.5, 0.6) is 0 Å². The molecular weight excluding hydrogens is 357 g/mol. The number of alkyl halides is 2. The molecule has 0 amide bonds. The molecule has 0 aliphatic carbocycles. The van der Waals surface area contributed by atoms with Gasteiger partial charge in [0.1, 0.15) is 17.5 Å². The highest BCUT2D eigenvalue weighted by atomic mass is 19.3. The van der Waals surface area contributed by atoms with Gasteiger partial charge < -0.3 is 5.32 Å². The quantitative estimate of drug-likeness (QED) is 0.740. The van der Waals surface area contributed by atoms with Gasteiger partial charge in [0.15, 0.2) is 0 Å². The van der Waals surface area contributed by atoms with Crippen molar-refractivity contribution in [2.24, 2.45) is 0 Å². The highest BCUT2D eigenvalue weighted by Gasteiger charge is 2.26. The van der Waals surface area contributed by atoms with Gasteiger partial charge in [-0.05, 0) is 7.05 Å². The number of nitrogens with one attached hydrogen (secondary N) is 1. The fourth-order valence-corrected chi connectivity index (χ4v) is 3.47. The predicted octanol–water partition coefficient (Wildman–Crippen LogP) is 3.32. The lowest BCUT2D eigenvalue weighted by molar-refractivity contribution is 0.146. The Balaban J connectivity index is 1.70. The maximum Gasteiger partial charge on any atom is 0.266 e. The summed E-state index contributed by atoms with van der Waals surface area (Å²) >= 11 is 0. The van der Waals surface area contributed by atoms with Crippen molar-refractivity contribution >= 4 is 11.6 Å². The SMILES string of the molecule is CCc1nnc2nc(NCc3cccc(C(F)F)c3F)c3c(n12)CN(C)C3. The summed E-state index contributed by atoms with van der Waals surface area (Å²) in [7, 11) is 2.00. The Labute approximate surface area is 154 Å². The van der Waals surface area contributed by atoms with Crippen molar-refractivity contribution in [3.8, 4) is 0 Å². The van der Waals surface area contributed by atoms with E-state index in [4.69, 9.17) is 0 Å². The maximum absolute atomic E-state index is 14.3. The van der Waals surface area contributed by atoms with Gasteiger partial charge in [0, 0.05) is 42.9 Å². The van der Waals surface area contributed by atoms with Crippen LogP contribution >= 0.6 is 0 Å². The highest BCUT2D eigenvalue weighted by molar-refractivity contribution is 5.54. The first-order valence-electron chi connectivity index (χ1n) is 8.73. The van der Waals surface area contributed by atoms with E-state index in [1.807, 2.05) is 18.4 Å². The van der Waals surface area contributed by atoms with Gasteiger partial charge in [-0.15, -0.1) is 10.2 Å². The Morgan fingerprint density at radius 2 is 2.04 bits per heavy atom. The Morgan fingerprint density at radius 3 is 2.78 bits per heavy atom. The Bertz CT molecular complexity index is 1000. The molecule has 3 aromatic rings. The van der Waals surface area contributed by atoms with E-state index in [0.717, 1.165) is 36.1 Å². The van der Waals surface area contributed by atoms with Gasteiger partial charge in [-0.25, -0.2) is 13.2 Å². The highest BCUT2D eigenvalue weighted by Crippen LogP contribution is 2.30. The van der Waals surface area contributed by atoms with Crippen LogP contribution < -0.4 is 5.32 Å². The van der Waals surface area contributed by atoms with Crippen LogP contribution in [0.1, 0.15) is 41.6 Å². The fourth-order valence-electron chi connectivity index (χ4n) is 3.47. The van der Waals surface area contributed by atoms with Gasteiger partial charge in [0.2, 0.25) is 0 Å². The molecule has 1 aliphatic rings. The molecule has 0 fully saturated rings. The van der Waals surface area contributed by atoms with E-state index in [9.17, 15) is 13.2 Å². The summed E-state index contributed by atoms with van der Waals surface area (Å²) in [6, 6.07) is 4.02. The number of nitrogens with zero attached hydrogens (tertiary/aromatic N) is 5. The topological polar surface area (TPSA) is 58.4 Å². The molecule has 0 unspecified atom stereocenters. The van der Waals surface area contributed by atoms with Gasteiger partial charge in [0.25, 0.3) is 12.2 Å². The van der Waals surface area contributed by atoms with Crippen LogP contribution in [0.25, 0.3) is 5.78 Å². The lowest BCUT2D eigenvalue weighted by Gasteiger charge is -2.13. The zero-order valence-electron chi connectivity index (χ0n) is 15.0. The lowest BCUT2D eigenvalue weighted by Crippen LogP contribution is -2.10. The molecule has 2 aromatic heterocycles. The zero-order valence-corrected chi connectivity index (χ0v) is 15.0. The lowest BCUT2D eigenvalue weighted by atomic mass is 10.1. The van der Waals surface area contributed by atoms with Crippen molar-refractivity contribution in [3.05, 3.63) is 52.2 Å². The maximum atomic E-state index is 14.3. The van der Waals surface area contributed by atoms with Crippen molar-refractivity contribution in [2.45, 2.75) is 39.4 Å². The Morgan fingerprint density at radius 1 is 1.22 bits per heavy atom. The van der Waals surface area contributed by atoms with Crippen molar-refractivity contribution in [1.82, 2.24) is 24.5 Å². The molecule has 1 N–H and O–H groups in total. The third kappa shape index (κ3) is 3.01. The first-order valence-corrected chi connectivity index (χ1v) is 8.73. The van der Waals surface area contributed by atoms with Crippen molar-refractivity contribution in [1.29, 1.82) is 0 Å². The van der Waals surface area contributed by atoms with Crippen LogP contribution in [0, 0.1) is 5.82 Å².